The lowest BCUT2D eigenvalue weighted by atomic mass is 9.92. The minimum Gasteiger partial charge on any atom is -0.325 e. The van der Waals surface area contributed by atoms with Crippen molar-refractivity contribution in [2.45, 2.75) is 51.2 Å². The molecule has 1 saturated heterocycles. The van der Waals surface area contributed by atoms with Crippen LogP contribution in [0.1, 0.15) is 57.1 Å². The van der Waals surface area contributed by atoms with E-state index in [4.69, 9.17) is 0 Å². The van der Waals surface area contributed by atoms with Crippen molar-refractivity contribution in [3.05, 3.63) is 59.7 Å². The van der Waals surface area contributed by atoms with Crippen LogP contribution < -0.4 is 10.2 Å². The van der Waals surface area contributed by atoms with Crippen LogP contribution in [0.4, 0.5) is 11.4 Å². The summed E-state index contributed by atoms with van der Waals surface area (Å²) < 4.78 is 0. The zero-order valence-electron chi connectivity index (χ0n) is 17.8. The van der Waals surface area contributed by atoms with Crippen molar-refractivity contribution in [2.75, 3.05) is 16.0 Å². The molecule has 3 rings (SSSR count). The van der Waals surface area contributed by atoms with Gasteiger partial charge in [0.25, 0.3) is 0 Å². The van der Waals surface area contributed by atoms with Crippen molar-refractivity contribution >= 4 is 40.9 Å². The molecule has 0 spiro atoms. The summed E-state index contributed by atoms with van der Waals surface area (Å²) in [4.78, 5) is 39.0. The third-order valence-electron chi connectivity index (χ3n) is 5.17. The second-order valence-corrected chi connectivity index (χ2v) is 9.27. The Labute approximate surface area is 182 Å². The van der Waals surface area contributed by atoms with E-state index >= 15 is 0 Å². The smallest absolute Gasteiger partial charge is 0.247 e. The fourth-order valence-electron chi connectivity index (χ4n) is 3.63. The molecule has 0 bridgehead atoms. The second-order valence-electron chi connectivity index (χ2n) is 8.08. The third-order valence-corrected chi connectivity index (χ3v) is 6.37. The van der Waals surface area contributed by atoms with Crippen LogP contribution in [0.15, 0.2) is 48.5 Å². The minimum atomic E-state index is -0.534. The maximum Gasteiger partial charge on any atom is 0.247 e. The highest BCUT2D eigenvalue weighted by Gasteiger charge is 2.40. The van der Waals surface area contributed by atoms with Crippen LogP contribution in [0.25, 0.3) is 0 Å². The Kier molecular flexibility index (Phi) is 6.98. The fourth-order valence-corrected chi connectivity index (χ4v) is 4.56. The summed E-state index contributed by atoms with van der Waals surface area (Å²) in [5.74, 6) is 0.0375. The number of benzene rings is 2. The zero-order chi connectivity index (χ0) is 21.8. The minimum absolute atomic E-state index is 0.117. The summed E-state index contributed by atoms with van der Waals surface area (Å²) in [6.07, 6.45) is 0.117. The molecule has 2 aromatic carbocycles. The Balaban J connectivity index is 1.67. The highest BCUT2D eigenvalue weighted by atomic mass is 32.2. The summed E-state index contributed by atoms with van der Waals surface area (Å²) >= 11 is 1.23. The Bertz CT molecular complexity index is 914. The van der Waals surface area contributed by atoms with E-state index in [0.29, 0.717) is 5.69 Å². The molecule has 2 aromatic rings. The molecular formula is C24H28N2O3S. The lowest BCUT2D eigenvalue weighted by molar-refractivity contribution is -0.121. The Morgan fingerprint density at radius 2 is 1.60 bits per heavy atom. The number of rotatable bonds is 7. The summed E-state index contributed by atoms with van der Waals surface area (Å²) in [7, 11) is 0. The first-order chi connectivity index (χ1) is 14.3. The predicted octanol–water partition coefficient (Wildman–Crippen LogP) is 4.94. The summed E-state index contributed by atoms with van der Waals surface area (Å²) in [6, 6.07) is 15.0. The number of nitrogens with zero attached hydrogens (tertiary/aromatic N) is 1. The lowest BCUT2D eigenvalue weighted by Gasteiger charge is -2.20. The normalized spacial score (nSPS) is 16.6. The highest BCUT2D eigenvalue weighted by Crippen LogP contribution is 2.33. The monoisotopic (exact) mass is 424 g/mol. The van der Waals surface area contributed by atoms with Gasteiger partial charge in [-0.25, -0.2) is 4.90 Å². The molecule has 1 aliphatic rings. The van der Waals surface area contributed by atoms with Gasteiger partial charge in [-0.3, -0.25) is 14.4 Å². The number of para-hydroxylation sites is 2. The van der Waals surface area contributed by atoms with Gasteiger partial charge in [-0.1, -0.05) is 64.1 Å². The molecule has 30 heavy (non-hydrogen) atoms. The molecule has 0 saturated carbocycles. The zero-order valence-corrected chi connectivity index (χ0v) is 18.7. The van der Waals surface area contributed by atoms with E-state index < -0.39 is 5.25 Å². The maximum atomic E-state index is 12.7. The number of carbonyl (C=O) groups excluding carboxylic acids is 3. The van der Waals surface area contributed by atoms with E-state index in [0.717, 1.165) is 16.8 Å². The molecule has 0 radical (unpaired) electrons. The van der Waals surface area contributed by atoms with Gasteiger partial charge in [0.2, 0.25) is 17.7 Å². The Morgan fingerprint density at radius 1 is 1.00 bits per heavy atom. The molecule has 3 amide bonds. The van der Waals surface area contributed by atoms with Crippen LogP contribution >= 0.6 is 11.8 Å². The van der Waals surface area contributed by atoms with E-state index in [1.54, 1.807) is 24.3 Å². The molecule has 6 heteroatoms. The van der Waals surface area contributed by atoms with Crippen LogP contribution in [-0.2, 0) is 14.4 Å². The van der Waals surface area contributed by atoms with Gasteiger partial charge < -0.3 is 5.32 Å². The van der Waals surface area contributed by atoms with Crippen LogP contribution in [0.3, 0.4) is 0 Å². The predicted molar refractivity (Wildman–Crippen MR) is 123 cm³/mol. The largest absolute Gasteiger partial charge is 0.325 e. The molecule has 1 aliphatic heterocycles. The van der Waals surface area contributed by atoms with Gasteiger partial charge in [-0.2, -0.15) is 0 Å². The molecule has 1 N–H and O–H groups in total. The molecule has 5 nitrogen and oxygen atoms in total. The van der Waals surface area contributed by atoms with Crippen molar-refractivity contribution < 1.29 is 14.4 Å². The average Bonchev–Trinajstić information content (AvgIpc) is 3.00. The number of imide groups is 1. The molecule has 0 aromatic heterocycles. The van der Waals surface area contributed by atoms with Crippen molar-refractivity contribution in [3.8, 4) is 0 Å². The van der Waals surface area contributed by atoms with E-state index in [1.807, 2.05) is 24.3 Å². The molecule has 0 unspecified atom stereocenters. The number of hydrogen-bond donors (Lipinski definition) is 1. The van der Waals surface area contributed by atoms with Crippen LogP contribution in [0.5, 0.6) is 0 Å². The highest BCUT2D eigenvalue weighted by molar-refractivity contribution is 8.01. The van der Waals surface area contributed by atoms with Gasteiger partial charge in [-0.15, -0.1) is 11.8 Å². The number of nitrogens with one attached hydrogen (secondary N) is 1. The molecule has 0 aliphatic carbocycles. The lowest BCUT2D eigenvalue weighted by Crippen LogP contribution is -2.31. The molecule has 1 heterocycles. The van der Waals surface area contributed by atoms with Gasteiger partial charge in [-0.05, 0) is 35.1 Å². The van der Waals surface area contributed by atoms with Crippen molar-refractivity contribution in [3.63, 3.8) is 0 Å². The van der Waals surface area contributed by atoms with E-state index in [2.05, 4.69) is 33.0 Å². The van der Waals surface area contributed by atoms with Crippen LogP contribution in [0.2, 0.25) is 0 Å². The molecule has 158 valence electrons. The Morgan fingerprint density at radius 3 is 2.17 bits per heavy atom. The number of amides is 3. The first-order valence-electron chi connectivity index (χ1n) is 10.3. The summed E-state index contributed by atoms with van der Waals surface area (Å²) in [5, 5.41) is 2.53. The number of carbonyl (C=O) groups is 3. The van der Waals surface area contributed by atoms with Crippen molar-refractivity contribution in [1.29, 1.82) is 0 Å². The van der Waals surface area contributed by atoms with E-state index in [-0.39, 0.29) is 41.7 Å². The quantitative estimate of drug-likeness (QED) is 0.640. The molecular weight excluding hydrogens is 396 g/mol. The van der Waals surface area contributed by atoms with Crippen LogP contribution in [-0.4, -0.2) is 28.7 Å². The number of thioether (sulfide) groups is 1. The van der Waals surface area contributed by atoms with Crippen LogP contribution in [0, 0.1) is 0 Å². The van der Waals surface area contributed by atoms with Gasteiger partial charge in [0.05, 0.1) is 16.7 Å². The first kappa shape index (κ1) is 22.1. The number of hydrogen-bond acceptors (Lipinski definition) is 4. The van der Waals surface area contributed by atoms with Crippen molar-refractivity contribution in [1.82, 2.24) is 0 Å². The number of anilines is 2. The Hall–Kier alpha value is -2.60. The third kappa shape index (κ3) is 4.75. The fraction of sp³-hybridized carbons (Fsp3) is 0.375. The summed E-state index contributed by atoms with van der Waals surface area (Å²) in [5.41, 5.74) is 3.64. The molecule has 1 atom stereocenters. The average molecular weight is 425 g/mol. The van der Waals surface area contributed by atoms with Gasteiger partial charge in [0.1, 0.15) is 0 Å². The van der Waals surface area contributed by atoms with Gasteiger partial charge in [0.15, 0.2) is 0 Å². The standard InChI is InChI=1S/C24H28N2O3S/c1-15(2)18-11-8-12-19(16(3)4)23(18)25-21(27)14-30-20-13-22(28)26(24(20)29)17-9-6-5-7-10-17/h5-12,15-16,20H,13-14H2,1-4H3,(H,25,27)/t20-/m0/s1. The topological polar surface area (TPSA) is 66.5 Å². The maximum absolute atomic E-state index is 12.7. The molecule has 1 fully saturated rings. The van der Waals surface area contributed by atoms with E-state index in [9.17, 15) is 14.4 Å². The van der Waals surface area contributed by atoms with Gasteiger partial charge in [0, 0.05) is 12.1 Å². The van der Waals surface area contributed by atoms with E-state index in [1.165, 1.54) is 16.7 Å². The van der Waals surface area contributed by atoms with Crippen molar-refractivity contribution in [2.24, 2.45) is 0 Å². The SMILES string of the molecule is CC(C)c1cccc(C(C)C)c1NC(=O)CS[C@H]1CC(=O)N(c2ccccc2)C1=O. The summed E-state index contributed by atoms with van der Waals surface area (Å²) in [6.45, 7) is 8.41. The van der Waals surface area contributed by atoms with Gasteiger partial charge >= 0.3 is 0 Å². The second kappa shape index (κ2) is 9.47. The first-order valence-corrected chi connectivity index (χ1v) is 11.3.